The number of carbonyl (C=O) groups excluding carboxylic acids is 3. The van der Waals surface area contributed by atoms with Crippen LogP contribution in [0.15, 0.2) is 137 Å². The number of amides is 3. The summed E-state index contributed by atoms with van der Waals surface area (Å²) in [5, 5.41) is 13.3. The molecule has 232 valence electrons. The zero-order chi connectivity index (χ0) is 32.6. The van der Waals surface area contributed by atoms with Gasteiger partial charge in [0.05, 0.1) is 11.4 Å². The maximum absolute atomic E-state index is 13.3. The zero-order valence-corrected chi connectivity index (χ0v) is 27.0. The van der Waals surface area contributed by atoms with Gasteiger partial charge in [-0.15, -0.1) is 23.1 Å². The minimum Gasteiger partial charge on any atom is -0.321 e. The number of benzene rings is 5. The fraction of sp³-hybridized carbons (Fsp3) is 0.0526. The monoisotopic (exact) mass is 654 g/mol. The Balaban J connectivity index is 1.05. The van der Waals surface area contributed by atoms with Crippen molar-refractivity contribution in [2.75, 3.05) is 16.4 Å². The van der Waals surface area contributed by atoms with Crippen LogP contribution in [0.3, 0.4) is 0 Å². The molecular weight excluding hydrogens is 625 g/mol. The highest BCUT2D eigenvalue weighted by Crippen LogP contribution is 2.28. The van der Waals surface area contributed by atoms with Crippen molar-refractivity contribution < 1.29 is 14.4 Å². The van der Waals surface area contributed by atoms with E-state index in [2.05, 4.69) is 45.2 Å². The van der Waals surface area contributed by atoms with Gasteiger partial charge in [0.2, 0.25) is 5.91 Å². The summed E-state index contributed by atoms with van der Waals surface area (Å²) in [6.07, 6.45) is 1.65. The van der Waals surface area contributed by atoms with Gasteiger partial charge in [-0.25, -0.2) is 4.98 Å². The Hall–Kier alpha value is -5.51. The van der Waals surface area contributed by atoms with Crippen molar-refractivity contribution in [2.45, 2.75) is 11.8 Å². The first-order chi connectivity index (χ1) is 22.9. The predicted molar refractivity (Wildman–Crippen MR) is 193 cm³/mol. The fourth-order valence-corrected chi connectivity index (χ4v) is 6.25. The van der Waals surface area contributed by atoms with Gasteiger partial charge in [0.15, 0.2) is 5.13 Å². The van der Waals surface area contributed by atoms with Gasteiger partial charge in [-0.3, -0.25) is 14.4 Å². The molecule has 5 aromatic carbocycles. The van der Waals surface area contributed by atoms with Crippen LogP contribution < -0.4 is 16.0 Å². The molecule has 6 rings (SSSR count). The molecule has 0 atom stereocenters. The van der Waals surface area contributed by atoms with Gasteiger partial charge >= 0.3 is 0 Å². The zero-order valence-electron chi connectivity index (χ0n) is 25.4. The molecule has 1 heterocycles. The standard InChI is InChI=1S/C38H30N4O3S2/c1-25-8-7-9-26(20-25)21-33(40-36(44)28-11-3-2-4-12-28)37(45)39-31-16-18-32(19-17-31)46-24-35(43)42-38-41-34(23-47-38)30-15-14-27-10-5-6-13-29(27)22-30/h2-23H,24H2,1H3,(H,39,45)(H,40,44)(H,41,42,43)/b33-21-. The largest absolute Gasteiger partial charge is 0.321 e. The van der Waals surface area contributed by atoms with Gasteiger partial charge in [-0.05, 0) is 71.8 Å². The molecule has 6 aromatic rings. The van der Waals surface area contributed by atoms with Crippen LogP contribution in [-0.2, 0) is 9.59 Å². The van der Waals surface area contributed by atoms with E-state index in [9.17, 15) is 14.4 Å². The summed E-state index contributed by atoms with van der Waals surface area (Å²) < 4.78 is 0. The molecule has 0 unspecified atom stereocenters. The van der Waals surface area contributed by atoms with Crippen molar-refractivity contribution in [2.24, 2.45) is 0 Å². The Bertz CT molecular complexity index is 2090. The lowest BCUT2D eigenvalue weighted by Crippen LogP contribution is -2.30. The molecule has 0 bridgehead atoms. The predicted octanol–water partition coefficient (Wildman–Crippen LogP) is 8.41. The van der Waals surface area contributed by atoms with E-state index in [4.69, 9.17) is 0 Å². The summed E-state index contributed by atoms with van der Waals surface area (Å²) in [4.78, 5) is 44.4. The van der Waals surface area contributed by atoms with Crippen LogP contribution in [0.1, 0.15) is 21.5 Å². The molecule has 0 spiro atoms. The number of aromatic nitrogens is 1. The van der Waals surface area contributed by atoms with Gasteiger partial charge in [-0.2, -0.15) is 0 Å². The summed E-state index contributed by atoms with van der Waals surface area (Å²) in [5.74, 6) is -0.799. The minimum atomic E-state index is -0.456. The Morgan fingerprint density at radius 1 is 0.787 bits per heavy atom. The molecule has 47 heavy (non-hydrogen) atoms. The Morgan fingerprint density at radius 2 is 1.55 bits per heavy atom. The lowest BCUT2D eigenvalue weighted by molar-refractivity contribution is -0.114. The molecule has 1 aromatic heterocycles. The van der Waals surface area contributed by atoms with E-state index in [0.29, 0.717) is 16.4 Å². The summed E-state index contributed by atoms with van der Waals surface area (Å²) >= 11 is 2.77. The molecule has 0 saturated heterocycles. The fourth-order valence-electron chi connectivity index (χ4n) is 4.82. The quantitative estimate of drug-likeness (QED) is 0.102. The SMILES string of the molecule is Cc1cccc(/C=C(\NC(=O)c2ccccc2)C(=O)Nc2ccc(SCC(=O)Nc3nc(-c4ccc5ccccc5c4)cs3)cc2)c1. The highest BCUT2D eigenvalue weighted by Gasteiger charge is 2.16. The summed E-state index contributed by atoms with van der Waals surface area (Å²) in [6.45, 7) is 1.96. The number of thioether (sulfide) groups is 1. The van der Waals surface area contributed by atoms with Crippen LogP contribution in [0.5, 0.6) is 0 Å². The third-order valence-electron chi connectivity index (χ3n) is 7.16. The van der Waals surface area contributed by atoms with Crippen LogP contribution >= 0.6 is 23.1 Å². The van der Waals surface area contributed by atoms with E-state index in [1.807, 2.05) is 73.0 Å². The first-order valence-electron chi connectivity index (χ1n) is 14.8. The number of carbonyl (C=O) groups is 3. The van der Waals surface area contributed by atoms with Crippen molar-refractivity contribution in [3.05, 3.63) is 149 Å². The molecule has 9 heteroatoms. The number of rotatable bonds is 10. The summed E-state index contributed by atoms with van der Waals surface area (Å²) in [5.41, 5.74) is 4.75. The molecule has 7 nitrogen and oxygen atoms in total. The summed E-state index contributed by atoms with van der Waals surface area (Å²) in [6, 6.07) is 38.0. The van der Waals surface area contributed by atoms with Crippen LogP contribution in [0, 0.1) is 6.92 Å². The van der Waals surface area contributed by atoms with Gasteiger partial charge in [0.1, 0.15) is 5.70 Å². The van der Waals surface area contributed by atoms with Crippen LogP contribution in [0.4, 0.5) is 10.8 Å². The van der Waals surface area contributed by atoms with E-state index in [1.165, 1.54) is 28.5 Å². The van der Waals surface area contributed by atoms with E-state index in [1.54, 1.807) is 42.5 Å². The van der Waals surface area contributed by atoms with E-state index in [-0.39, 0.29) is 23.3 Å². The molecule has 0 aliphatic carbocycles. The van der Waals surface area contributed by atoms with Crippen molar-refractivity contribution in [1.82, 2.24) is 10.3 Å². The average molecular weight is 655 g/mol. The highest BCUT2D eigenvalue weighted by molar-refractivity contribution is 8.00. The molecule has 0 aliphatic heterocycles. The minimum absolute atomic E-state index is 0.116. The van der Waals surface area contributed by atoms with Crippen LogP contribution in [0.2, 0.25) is 0 Å². The van der Waals surface area contributed by atoms with E-state index >= 15 is 0 Å². The second-order valence-electron chi connectivity index (χ2n) is 10.7. The third kappa shape index (κ3) is 8.40. The number of anilines is 2. The van der Waals surface area contributed by atoms with Gasteiger partial charge < -0.3 is 16.0 Å². The normalized spacial score (nSPS) is 11.2. The van der Waals surface area contributed by atoms with Crippen molar-refractivity contribution in [3.8, 4) is 11.3 Å². The second kappa shape index (κ2) is 14.7. The number of nitrogens with one attached hydrogen (secondary N) is 3. The maximum Gasteiger partial charge on any atom is 0.272 e. The Kier molecular flexibility index (Phi) is 9.86. The maximum atomic E-state index is 13.3. The molecule has 3 N–H and O–H groups in total. The summed E-state index contributed by atoms with van der Waals surface area (Å²) in [7, 11) is 0. The highest BCUT2D eigenvalue weighted by atomic mass is 32.2. The smallest absolute Gasteiger partial charge is 0.272 e. The first-order valence-corrected chi connectivity index (χ1v) is 16.7. The lowest BCUT2D eigenvalue weighted by atomic mass is 10.1. The third-order valence-corrected chi connectivity index (χ3v) is 8.93. The van der Waals surface area contributed by atoms with Crippen molar-refractivity contribution in [3.63, 3.8) is 0 Å². The van der Waals surface area contributed by atoms with Gasteiger partial charge in [0, 0.05) is 27.1 Å². The van der Waals surface area contributed by atoms with Crippen molar-refractivity contribution >= 4 is 68.5 Å². The lowest BCUT2D eigenvalue weighted by Gasteiger charge is -2.12. The topological polar surface area (TPSA) is 100 Å². The van der Waals surface area contributed by atoms with Gasteiger partial charge in [0.25, 0.3) is 11.8 Å². The number of hydrogen-bond acceptors (Lipinski definition) is 6. The molecular formula is C38H30N4O3S2. The number of fused-ring (bicyclic) bond motifs is 1. The molecule has 0 aliphatic rings. The first kappa shape index (κ1) is 31.5. The van der Waals surface area contributed by atoms with Gasteiger partial charge in [-0.1, -0.05) is 84.4 Å². The van der Waals surface area contributed by atoms with Crippen molar-refractivity contribution in [1.29, 1.82) is 0 Å². The molecule has 3 amide bonds. The molecule has 0 fully saturated rings. The van der Waals surface area contributed by atoms with Crippen LogP contribution in [-0.4, -0.2) is 28.5 Å². The van der Waals surface area contributed by atoms with E-state index in [0.717, 1.165) is 32.7 Å². The van der Waals surface area contributed by atoms with Crippen LogP contribution in [0.25, 0.3) is 28.1 Å². The average Bonchev–Trinajstić information content (AvgIpc) is 3.56. The Morgan fingerprint density at radius 3 is 2.34 bits per heavy atom. The second-order valence-corrected chi connectivity index (χ2v) is 12.6. The molecule has 0 saturated carbocycles. The molecule has 0 radical (unpaired) electrons. The Labute approximate surface area is 280 Å². The number of hydrogen-bond donors (Lipinski definition) is 3. The number of aryl methyl sites for hydroxylation is 1. The number of nitrogens with zero attached hydrogens (tertiary/aromatic N) is 1. The number of thiazole rings is 1. The van der Waals surface area contributed by atoms with E-state index < -0.39 is 5.91 Å².